The average molecular weight is 316 g/mol. The molecule has 0 aromatic carbocycles. The van der Waals surface area contributed by atoms with Crippen LogP contribution in [0.5, 0.6) is 0 Å². The fourth-order valence-electron chi connectivity index (χ4n) is 2.50. The van der Waals surface area contributed by atoms with Crippen molar-refractivity contribution >= 4 is 14.3 Å². The number of hydrogen-bond donors (Lipinski definition) is 1. The van der Waals surface area contributed by atoms with Crippen LogP contribution in [0.4, 0.5) is 0 Å². The first-order valence-electron chi connectivity index (χ1n) is 8.12. The van der Waals surface area contributed by atoms with E-state index in [0.717, 1.165) is 38.8 Å². The summed E-state index contributed by atoms with van der Waals surface area (Å²) < 4.78 is 11.0. The van der Waals surface area contributed by atoms with Crippen LogP contribution in [0.15, 0.2) is 0 Å². The van der Waals surface area contributed by atoms with Crippen LogP contribution in [-0.4, -0.2) is 40.6 Å². The maximum absolute atomic E-state index is 11.6. The topological polar surface area (TPSA) is 47.6 Å². The van der Waals surface area contributed by atoms with E-state index in [0.29, 0.717) is 5.92 Å². The Hall–Kier alpha value is -0.393. The van der Waals surface area contributed by atoms with Gasteiger partial charge in [-0.05, 0) is 56.3 Å². The van der Waals surface area contributed by atoms with Crippen LogP contribution in [0.1, 0.15) is 46.5 Å². The fraction of sp³-hybridized carbons (Fsp3) is 0.938. The number of rotatable bonds is 6. The monoisotopic (exact) mass is 315 g/mol. The van der Waals surface area contributed by atoms with E-state index in [1.807, 2.05) is 0 Å². The second-order valence-corrected chi connectivity index (χ2v) is 12.5. The summed E-state index contributed by atoms with van der Waals surface area (Å²) in [4.78, 5) is 11.6. The Morgan fingerprint density at radius 1 is 1.33 bits per heavy atom. The molecule has 2 atom stereocenters. The minimum atomic E-state index is -1.62. The van der Waals surface area contributed by atoms with Gasteiger partial charge in [-0.25, -0.2) is 0 Å². The van der Waals surface area contributed by atoms with Crippen LogP contribution in [0, 0.1) is 5.92 Å². The molecule has 1 saturated heterocycles. The van der Waals surface area contributed by atoms with Crippen molar-refractivity contribution in [1.82, 2.24) is 5.32 Å². The van der Waals surface area contributed by atoms with Crippen molar-refractivity contribution in [2.24, 2.45) is 5.92 Å². The van der Waals surface area contributed by atoms with E-state index in [2.05, 4.69) is 39.2 Å². The van der Waals surface area contributed by atoms with Gasteiger partial charge in [0.25, 0.3) is 0 Å². The summed E-state index contributed by atoms with van der Waals surface area (Å²) in [6, 6.07) is -0.116. The van der Waals surface area contributed by atoms with Crippen molar-refractivity contribution < 1.29 is 14.0 Å². The van der Waals surface area contributed by atoms with Crippen LogP contribution in [0.3, 0.4) is 0 Å². The number of carbonyl (C=O) groups is 1. The molecule has 2 unspecified atom stereocenters. The SMILES string of the molecule is COC(=O)C1CC(CCCO[Si](C)(C)C(C)(C)C)CCN1. The van der Waals surface area contributed by atoms with Gasteiger partial charge in [0.15, 0.2) is 8.32 Å². The largest absolute Gasteiger partial charge is 0.468 e. The molecule has 1 rings (SSSR count). The molecular weight excluding hydrogens is 282 g/mol. The second-order valence-electron chi connectivity index (χ2n) is 7.67. The molecule has 1 aliphatic rings. The molecule has 1 N–H and O–H groups in total. The number of ether oxygens (including phenoxy) is 1. The summed E-state index contributed by atoms with van der Waals surface area (Å²) in [5.74, 6) is 0.482. The highest BCUT2D eigenvalue weighted by atomic mass is 28.4. The Morgan fingerprint density at radius 3 is 2.57 bits per heavy atom. The molecule has 0 amide bonds. The van der Waals surface area contributed by atoms with Crippen molar-refractivity contribution in [2.75, 3.05) is 20.3 Å². The molecule has 1 fully saturated rings. The first kappa shape index (κ1) is 18.7. The predicted molar refractivity (Wildman–Crippen MR) is 88.9 cm³/mol. The summed E-state index contributed by atoms with van der Waals surface area (Å²) in [6.45, 7) is 13.2. The van der Waals surface area contributed by atoms with Gasteiger partial charge < -0.3 is 14.5 Å². The van der Waals surface area contributed by atoms with Crippen molar-refractivity contribution in [3.05, 3.63) is 0 Å². The molecule has 4 nitrogen and oxygen atoms in total. The lowest BCUT2D eigenvalue weighted by atomic mass is 9.89. The Labute approximate surface area is 131 Å². The van der Waals surface area contributed by atoms with Crippen LogP contribution in [-0.2, 0) is 14.0 Å². The van der Waals surface area contributed by atoms with Crippen molar-refractivity contribution in [2.45, 2.75) is 70.6 Å². The third-order valence-corrected chi connectivity index (χ3v) is 9.56. The first-order valence-corrected chi connectivity index (χ1v) is 11.0. The van der Waals surface area contributed by atoms with Crippen LogP contribution in [0.25, 0.3) is 0 Å². The third-order valence-electron chi connectivity index (χ3n) is 5.02. The minimum absolute atomic E-state index is 0.116. The lowest BCUT2D eigenvalue weighted by Crippen LogP contribution is -2.44. The Kier molecular flexibility index (Phi) is 6.88. The quantitative estimate of drug-likeness (QED) is 0.464. The summed E-state index contributed by atoms with van der Waals surface area (Å²) in [5.41, 5.74) is 0. The molecule has 0 aliphatic carbocycles. The van der Waals surface area contributed by atoms with Crippen LogP contribution < -0.4 is 5.32 Å². The number of carbonyl (C=O) groups excluding carboxylic acids is 1. The van der Waals surface area contributed by atoms with Crippen molar-refractivity contribution in [3.63, 3.8) is 0 Å². The molecule has 1 aliphatic heterocycles. The summed E-state index contributed by atoms with van der Waals surface area (Å²) >= 11 is 0. The molecule has 5 heteroatoms. The lowest BCUT2D eigenvalue weighted by Gasteiger charge is -2.36. The molecule has 0 aromatic heterocycles. The summed E-state index contributed by atoms with van der Waals surface area (Å²) in [7, 11) is -0.156. The zero-order chi connectivity index (χ0) is 16.1. The lowest BCUT2D eigenvalue weighted by molar-refractivity contribution is -0.144. The Morgan fingerprint density at radius 2 is 2.00 bits per heavy atom. The minimum Gasteiger partial charge on any atom is -0.468 e. The van der Waals surface area contributed by atoms with Gasteiger partial charge in [0.2, 0.25) is 0 Å². The number of hydrogen-bond acceptors (Lipinski definition) is 4. The van der Waals surface area contributed by atoms with E-state index < -0.39 is 8.32 Å². The Bertz CT molecular complexity index is 339. The van der Waals surface area contributed by atoms with Gasteiger partial charge in [-0.15, -0.1) is 0 Å². The fourth-order valence-corrected chi connectivity index (χ4v) is 3.58. The molecule has 1 heterocycles. The van der Waals surface area contributed by atoms with E-state index in [9.17, 15) is 4.79 Å². The second kappa shape index (κ2) is 7.74. The van der Waals surface area contributed by atoms with Crippen molar-refractivity contribution in [3.8, 4) is 0 Å². The van der Waals surface area contributed by atoms with Gasteiger partial charge in [-0.1, -0.05) is 20.8 Å². The molecule has 0 radical (unpaired) electrons. The van der Waals surface area contributed by atoms with Gasteiger partial charge in [-0.2, -0.15) is 0 Å². The Balaban J connectivity index is 2.28. The van der Waals surface area contributed by atoms with Crippen LogP contribution >= 0.6 is 0 Å². The van der Waals surface area contributed by atoms with E-state index in [1.54, 1.807) is 0 Å². The van der Waals surface area contributed by atoms with Crippen LogP contribution in [0.2, 0.25) is 18.1 Å². The van der Waals surface area contributed by atoms with Gasteiger partial charge in [0, 0.05) is 6.61 Å². The van der Waals surface area contributed by atoms with Gasteiger partial charge in [0.05, 0.1) is 7.11 Å². The van der Waals surface area contributed by atoms with Gasteiger partial charge in [-0.3, -0.25) is 4.79 Å². The van der Waals surface area contributed by atoms with E-state index in [1.165, 1.54) is 7.11 Å². The molecule has 0 saturated carbocycles. The average Bonchev–Trinajstić information content (AvgIpc) is 2.42. The standard InChI is InChI=1S/C16H33NO3Si/c1-16(2,3)21(5,6)20-11-7-8-13-9-10-17-14(12-13)15(18)19-4/h13-14,17H,7-12H2,1-6H3. The third kappa shape index (κ3) is 5.72. The van der Waals surface area contributed by atoms with E-state index in [-0.39, 0.29) is 17.0 Å². The summed E-state index contributed by atoms with van der Waals surface area (Å²) in [5, 5.41) is 3.51. The molecule has 21 heavy (non-hydrogen) atoms. The number of piperidine rings is 1. The first-order chi connectivity index (χ1) is 9.67. The molecule has 124 valence electrons. The number of esters is 1. The highest BCUT2D eigenvalue weighted by molar-refractivity contribution is 6.74. The molecule has 0 spiro atoms. The zero-order valence-electron chi connectivity index (χ0n) is 14.6. The molecular formula is C16H33NO3Si. The smallest absolute Gasteiger partial charge is 0.322 e. The maximum atomic E-state index is 11.6. The number of methoxy groups -OCH3 is 1. The predicted octanol–water partition coefficient (Wildman–Crippen LogP) is 3.33. The zero-order valence-corrected chi connectivity index (χ0v) is 15.6. The highest BCUT2D eigenvalue weighted by Gasteiger charge is 2.37. The highest BCUT2D eigenvalue weighted by Crippen LogP contribution is 2.36. The molecule has 0 aromatic rings. The van der Waals surface area contributed by atoms with E-state index in [4.69, 9.17) is 9.16 Å². The molecule has 0 bridgehead atoms. The normalized spacial score (nSPS) is 23.9. The van der Waals surface area contributed by atoms with E-state index >= 15 is 0 Å². The number of nitrogens with one attached hydrogen (secondary N) is 1. The van der Waals surface area contributed by atoms with Gasteiger partial charge in [0.1, 0.15) is 6.04 Å². The van der Waals surface area contributed by atoms with Crippen molar-refractivity contribution in [1.29, 1.82) is 0 Å². The summed E-state index contributed by atoms with van der Waals surface area (Å²) in [6.07, 6.45) is 4.27. The van der Waals surface area contributed by atoms with Gasteiger partial charge >= 0.3 is 5.97 Å². The maximum Gasteiger partial charge on any atom is 0.322 e.